The lowest BCUT2D eigenvalue weighted by atomic mass is 10.0. The van der Waals surface area contributed by atoms with Crippen LogP contribution in [0.4, 0.5) is 5.13 Å². The van der Waals surface area contributed by atoms with Crippen molar-refractivity contribution < 1.29 is 24.0 Å². The number of nitrogen functional groups attached to an aromatic ring is 1. The summed E-state index contributed by atoms with van der Waals surface area (Å²) in [5.41, 5.74) is 6.86. The molecule has 2 amide bonds. The summed E-state index contributed by atoms with van der Waals surface area (Å²) in [4.78, 5) is 49.4. The van der Waals surface area contributed by atoms with Crippen LogP contribution in [0.3, 0.4) is 0 Å². The third kappa shape index (κ3) is 6.83. The number of β-lactam (4-membered cyclic amide) rings is 1. The van der Waals surface area contributed by atoms with Gasteiger partial charge in [0.15, 0.2) is 11.0 Å². The van der Waals surface area contributed by atoms with Crippen LogP contribution >= 0.6 is 35.1 Å². The molecule has 18 heteroatoms. The van der Waals surface area contributed by atoms with E-state index in [0.29, 0.717) is 23.0 Å². The van der Waals surface area contributed by atoms with Crippen LogP contribution in [0.1, 0.15) is 32.4 Å². The first-order valence-corrected chi connectivity index (χ1v) is 14.8. The highest BCUT2D eigenvalue weighted by Gasteiger charge is 2.54. The number of nitrogens with two attached hydrogens (primary N) is 1. The molecule has 1 saturated heterocycles. The van der Waals surface area contributed by atoms with Crippen LogP contribution in [-0.4, -0.2) is 87.6 Å². The first kappa shape index (κ1) is 29.9. The number of hydrogen-bond acceptors (Lipinski definition) is 15. The Hall–Kier alpha value is -4.03. The summed E-state index contributed by atoms with van der Waals surface area (Å²) in [5.74, 6) is -1.25. The van der Waals surface area contributed by atoms with Crippen LogP contribution in [0.15, 0.2) is 46.5 Å². The number of hydrogen-bond donors (Lipinski definition) is 3. The van der Waals surface area contributed by atoms with E-state index in [9.17, 15) is 14.4 Å². The van der Waals surface area contributed by atoms with Gasteiger partial charge in [-0.15, -0.1) is 28.6 Å². The number of oxime groups is 1. The smallest absolute Gasteiger partial charge is 0.296 e. The summed E-state index contributed by atoms with van der Waals surface area (Å²) < 4.78 is 8.84. The van der Waals surface area contributed by atoms with Gasteiger partial charge in [-0.2, -0.15) is 9.36 Å². The molecule has 0 unspecified atom stereocenters. The molecule has 41 heavy (non-hydrogen) atoms. The number of nitrogens with one attached hydrogen (secondary N) is 2. The third-order valence-corrected chi connectivity index (χ3v) is 8.47. The molecule has 0 saturated carbocycles. The number of carbonyl (C=O) groups excluding carboxylic acids is 3. The number of amides is 2. The fraction of sp³-hybridized carbons (Fsp3) is 0.348. The fourth-order valence-electron chi connectivity index (χ4n) is 3.70. The van der Waals surface area contributed by atoms with E-state index in [0.717, 1.165) is 22.0 Å². The van der Waals surface area contributed by atoms with Gasteiger partial charge in [0.25, 0.3) is 24.1 Å². The Morgan fingerprint density at radius 2 is 2.24 bits per heavy atom. The maximum Gasteiger partial charge on any atom is 0.296 e. The summed E-state index contributed by atoms with van der Waals surface area (Å²) in [6.45, 7) is 8.73. The Labute approximate surface area is 246 Å². The normalized spacial score (nSPS) is 19.6. The number of aromatic amines is 1. The van der Waals surface area contributed by atoms with Gasteiger partial charge in [-0.1, -0.05) is 30.0 Å². The number of ether oxygens (including phenoxy) is 1. The maximum atomic E-state index is 13.5. The van der Waals surface area contributed by atoms with E-state index in [1.165, 1.54) is 25.6 Å². The van der Waals surface area contributed by atoms with Crippen LogP contribution in [0, 0.1) is 0 Å². The molecule has 0 bridgehead atoms. The number of rotatable bonds is 13. The molecular formula is C23H26N10O5S3. The zero-order valence-corrected chi connectivity index (χ0v) is 24.6. The zero-order valence-electron chi connectivity index (χ0n) is 22.1. The summed E-state index contributed by atoms with van der Waals surface area (Å²) in [6, 6.07) is -0.896. The van der Waals surface area contributed by atoms with Crippen LogP contribution in [0.25, 0.3) is 5.70 Å². The van der Waals surface area contributed by atoms with Crippen molar-refractivity contribution in [3.63, 3.8) is 0 Å². The lowest BCUT2D eigenvalue weighted by molar-refractivity contribution is -0.203. The predicted molar refractivity (Wildman–Crippen MR) is 155 cm³/mol. The molecule has 4 heterocycles. The van der Waals surface area contributed by atoms with Gasteiger partial charge in [0, 0.05) is 41.8 Å². The minimum atomic E-state index is -1.48. The number of aromatic nitrogens is 6. The van der Waals surface area contributed by atoms with Gasteiger partial charge in [0.2, 0.25) is 11.5 Å². The topological polar surface area (TPSA) is 204 Å². The van der Waals surface area contributed by atoms with E-state index in [-0.39, 0.29) is 29.0 Å². The van der Waals surface area contributed by atoms with Crippen molar-refractivity contribution in [1.82, 2.24) is 40.2 Å². The van der Waals surface area contributed by atoms with E-state index >= 15 is 0 Å². The number of anilines is 1. The minimum Gasteiger partial charge on any atom is -0.423 e. The van der Waals surface area contributed by atoms with Gasteiger partial charge < -0.3 is 20.6 Å². The molecule has 216 valence electrons. The second kappa shape index (κ2) is 13.1. The van der Waals surface area contributed by atoms with E-state index in [1.54, 1.807) is 22.7 Å². The summed E-state index contributed by atoms with van der Waals surface area (Å²) in [5, 5.41) is 20.3. The molecule has 2 aliphatic rings. The van der Waals surface area contributed by atoms with Crippen molar-refractivity contribution in [2.75, 3.05) is 17.2 Å². The number of nitrogens with zero attached hydrogens (tertiary/aromatic N) is 7. The molecule has 2 aromatic rings. The summed E-state index contributed by atoms with van der Waals surface area (Å²) >= 11 is 3.93. The average molecular weight is 619 g/mol. The van der Waals surface area contributed by atoms with Crippen molar-refractivity contribution in [3.05, 3.63) is 53.0 Å². The Bertz CT molecular complexity index is 1430. The summed E-state index contributed by atoms with van der Waals surface area (Å²) in [6.07, 6.45) is 7.52. The van der Waals surface area contributed by atoms with Gasteiger partial charge >= 0.3 is 0 Å². The third-order valence-electron chi connectivity index (χ3n) is 5.49. The van der Waals surface area contributed by atoms with E-state index in [2.05, 4.69) is 47.0 Å². The number of tetrazole rings is 1. The zero-order chi connectivity index (χ0) is 29.6. The first-order valence-electron chi connectivity index (χ1n) is 12.0. The molecule has 4 rings (SSSR count). The van der Waals surface area contributed by atoms with Crippen molar-refractivity contribution in [2.24, 2.45) is 5.16 Å². The quantitative estimate of drug-likeness (QED) is 0.0727. The largest absolute Gasteiger partial charge is 0.423 e. The molecule has 2 atom stereocenters. The van der Waals surface area contributed by atoms with Gasteiger partial charge in [0.1, 0.15) is 11.4 Å². The van der Waals surface area contributed by atoms with Gasteiger partial charge in [-0.05, 0) is 29.0 Å². The molecular weight excluding hydrogens is 593 g/mol. The van der Waals surface area contributed by atoms with Crippen molar-refractivity contribution in [3.8, 4) is 0 Å². The number of allylic oxidation sites excluding steroid dienone is 4. The number of H-pyrrole nitrogens is 1. The molecule has 2 aromatic heterocycles. The second-order valence-electron chi connectivity index (χ2n) is 8.76. The number of fused-ring (bicyclic) bond motifs is 1. The Kier molecular flexibility index (Phi) is 9.56. The molecule has 0 aromatic carbocycles. The van der Waals surface area contributed by atoms with E-state index in [4.69, 9.17) is 15.3 Å². The maximum absolute atomic E-state index is 13.5. The Morgan fingerprint density at radius 3 is 2.88 bits per heavy atom. The van der Waals surface area contributed by atoms with E-state index in [1.807, 2.05) is 25.2 Å². The van der Waals surface area contributed by atoms with E-state index < -0.39 is 23.1 Å². The Morgan fingerprint density at radius 1 is 1.44 bits per heavy atom. The van der Waals surface area contributed by atoms with Crippen LogP contribution in [-0.2, 0) is 24.0 Å². The van der Waals surface area contributed by atoms with Crippen molar-refractivity contribution in [1.29, 1.82) is 0 Å². The minimum absolute atomic E-state index is 0.0963. The molecule has 2 aliphatic heterocycles. The average Bonchev–Trinajstić information content (AvgIpc) is 3.62. The number of thioether (sulfide) groups is 2. The van der Waals surface area contributed by atoms with Crippen molar-refractivity contribution in [2.45, 2.75) is 38.0 Å². The molecule has 4 N–H and O–H groups in total. The lowest BCUT2D eigenvalue weighted by Crippen LogP contribution is -2.70. The van der Waals surface area contributed by atoms with Crippen LogP contribution in [0.5, 0.6) is 0 Å². The Balaban J connectivity index is 1.56. The fourth-order valence-corrected chi connectivity index (χ4v) is 6.62. The van der Waals surface area contributed by atoms with Crippen molar-refractivity contribution >= 4 is 69.9 Å². The highest BCUT2D eigenvalue weighted by atomic mass is 32.2. The van der Waals surface area contributed by atoms with Crippen LogP contribution < -0.4 is 11.1 Å². The van der Waals surface area contributed by atoms with Gasteiger partial charge in [-0.3, -0.25) is 19.3 Å². The molecule has 0 radical (unpaired) electrons. The lowest BCUT2D eigenvalue weighted by Gasteiger charge is -2.50. The summed E-state index contributed by atoms with van der Waals surface area (Å²) in [7, 11) is 0. The molecule has 15 nitrogen and oxygen atoms in total. The van der Waals surface area contributed by atoms with Gasteiger partial charge in [0.05, 0.1) is 5.70 Å². The molecule has 1 fully saturated rings. The standard InChI is InChI=1S/C23H26N10O5S3/c1-5-7-13(8-6-2)39-9-12-10-40-21-15(20(36)33(21)16(12)18-27-31-32-28-18)25-19(35)14(17-26-22(24)41-30-17)29-38-23(3,4)37-11-34/h5-8,11,15,21H,1,9-10H2,2-4H3,(H,25,35)(H2,24,26,30)(H,27,28,31,32)/b8-6-,13-7+,29-14-/t15-,21-/m1/s1. The predicted octanol–water partition coefficient (Wildman–Crippen LogP) is 1.45. The molecule has 0 aliphatic carbocycles. The second-order valence-corrected chi connectivity index (χ2v) is 11.7. The monoisotopic (exact) mass is 618 g/mol. The first-order chi connectivity index (χ1) is 19.7. The highest BCUT2D eigenvalue weighted by molar-refractivity contribution is 8.03. The van der Waals surface area contributed by atoms with Crippen LogP contribution in [0.2, 0.25) is 0 Å². The SMILES string of the molecule is C=C/C=C(\C=C/C)SCC1=C(c2nnn[nH]2)N2C(=O)[C@@H](NC(=O)/C(=N\OC(C)(C)OC=O)c3nsc(N)n3)[C@H]2SC1. The number of carbonyl (C=O) groups is 3. The highest BCUT2D eigenvalue weighted by Crippen LogP contribution is 2.44. The molecule has 0 spiro atoms. The van der Waals surface area contributed by atoms with Gasteiger partial charge in [-0.25, -0.2) is 5.10 Å².